The third kappa shape index (κ3) is 3.37. The summed E-state index contributed by atoms with van der Waals surface area (Å²) < 4.78 is 11.1. The number of nitrogens with zero attached hydrogens (tertiary/aromatic N) is 1. The van der Waals surface area contributed by atoms with Crippen LogP contribution >= 0.6 is 0 Å². The molecule has 2 aromatic carbocycles. The van der Waals surface area contributed by atoms with Crippen molar-refractivity contribution in [3.63, 3.8) is 0 Å². The smallest absolute Gasteiger partial charge is 0.119 e. The Labute approximate surface area is 126 Å². The number of methoxy groups -OCH3 is 1. The highest BCUT2D eigenvalue weighted by molar-refractivity contribution is 5.28. The zero-order valence-corrected chi connectivity index (χ0v) is 12.6. The van der Waals surface area contributed by atoms with Gasteiger partial charge in [0.05, 0.1) is 12.6 Å². The Kier molecular flexibility index (Phi) is 3.84. The van der Waals surface area contributed by atoms with Gasteiger partial charge in [0.1, 0.15) is 18.1 Å². The van der Waals surface area contributed by atoms with E-state index in [-0.39, 0.29) is 5.54 Å². The highest BCUT2D eigenvalue weighted by Gasteiger charge is 2.48. The number of benzene rings is 2. The highest BCUT2D eigenvalue weighted by Crippen LogP contribution is 2.34. The highest BCUT2D eigenvalue weighted by atomic mass is 16.5. The van der Waals surface area contributed by atoms with Crippen LogP contribution in [0.2, 0.25) is 0 Å². The van der Waals surface area contributed by atoms with Crippen molar-refractivity contribution in [1.29, 1.82) is 0 Å². The Morgan fingerprint density at radius 2 is 1.71 bits per heavy atom. The van der Waals surface area contributed by atoms with Crippen LogP contribution in [-0.4, -0.2) is 30.7 Å². The summed E-state index contributed by atoms with van der Waals surface area (Å²) in [6, 6.07) is 18.3. The van der Waals surface area contributed by atoms with Crippen molar-refractivity contribution in [2.45, 2.75) is 19.0 Å². The van der Waals surface area contributed by atoms with Gasteiger partial charge < -0.3 is 9.47 Å². The molecule has 1 aliphatic heterocycles. The van der Waals surface area contributed by atoms with Crippen molar-refractivity contribution in [3.05, 3.63) is 60.2 Å². The molecule has 3 nitrogen and oxygen atoms in total. The van der Waals surface area contributed by atoms with Gasteiger partial charge in [-0.2, -0.15) is 0 Å². The molecule has 0 N–H and O–H groups in total. The lowest BCUT2D eigenvalue weighted by molar-refractivity contribution is 0.243. The fraction of sp³-hybridized carbons (Fsp3) is 0.333. The van der Waals surface area contributed by atoms with E-state index in [9.17, 15) is 0 Å². The molecule has 1 aliphatic rings. The second-order valence-corrected chi connectivity index (χ2v) is 5.80. The summed E-state index contributed by atoms with van der Waals surface area (Å²) in [6.07, 6.45) is 0. The van der Waals surface area contributed by atoms with Gasteiger partial charge in [0, 0.05) is 13.1 Å². The predicted molar refractivity (Wildman–Crippen MR) is 83.7 cm³/mol. The van der Waals surface area contributed by atoms with E-state index in [4.69, 9.17) is 9.47 Å². The summed E-state index contributed by atoms with van der Waals surface area (Å²) in [6.45, 7) is 5.01. The van der Waals surface area contributed by atoms with Crippen molar-refractivity contribution >= 4 is 0 Å². The normalized spacial score (nSPS) is 23.6. The van der Waals surface area contributed by atoms with Gasteiger partial charge in [-0.05, 0) is 36.8 Å². The lowest BCUT2D eigenvalue weighted by atomic mass is 10.2. The molecule has 0 radical (unpaired) electrons. The molecule has 1 heterocycles. The molecule has 0 aliphatic carbocycles. The summed E-state index contributed by atoms with van der Waals surface area (Å²) in [4.78, 5) is 2.43. The van der Waals surface area contributed by atoms with Crippen molar-refractivity contribution in [2.24, 2.45) is 0 Å². The van der Waals surface area contributed by atoms with E-state index in [0.29, 0.717) is 0 Å². The SMILES string of the molecule is COc1ccc(CN2CC2(C)COc2ccccc2)cc1. The Balaban J connectivity index is 1.52. The molecule has 21 heavy (non-hydrogen) atoms. The van der Waals surface area contributed by atoms with E-state index < -0.39 is 0 Å². The lowest BCUT2D eigenvalue weighted by Gasteiger charge is -2.14. The third-order valence-electron chi connectivity index (χ3n) is 4.02. The number of rotatable bonds is 6. The summed E-state index contributed by atoms with van der Waals surface area (Å²) in [5, 5.41) is 0. The zero-order valence-electron chi connectivity index (χ0n) is 12.6. The first kappa shape index (κ1) is 14.0. The van der Waals surface area contributed by atoms with Gasteiger partial charge in [-0.3, -0.25) is 4.90 Å². The first-order valence-electron chi connectivity index (χ1n) is 7.25. The van der Waals surface area contributed by atoms with E-state index in [0.717, 1.165) is 31.2 Å². The van der Waals surface area contributed by atoms with Crippen molar-refractivity contribution < 1.29 is 9.47 Å². The molecule has 2 aromatic rings. The van der Waals surface area contributed by atoms with Crippen LogP contribution in [0, 0.1) is 0 Å². The minimum atomic E-state index is 0.149. The van der Waals surface area contributed by atoms with Gasteiger partial charge in [-0.1, -0.05) is 30.3 Å². The topological polar surface area (TPSA) is 21.5 Å². The molecule has 0 amide bonds. The maximum absolute atomic E-state index is 5.88. The Bertz CT molecular complexity index is 582. The summed E-state index contributed by atoms with van der Waals surface area (Å²) >= 11 is 0. The average Bonchev–Trinajstić information content (AvgIpc) is 3.17. The van der Waals surface area contributed by atoms with Crippen LogP contribution in [0.5, 0.6) is 11.5 Å². The molecule has 0 spiro atoms. The van der Waals surface area contributed by atoms with Crippen molar-refractivity contribution in [1.82, 2.24) is 4.90 Å². The van der Waals surface area contributed by atoms with Crippen LogP contribution in [-0.2, 0) is 6.54 Å². The second-order valence-electron chi connectivity index (χ2n) is 5.80. The maximum atomic E-state index is 5.88. The Morgan fingerprint density at radius 1 is 1.00 bits per heavy atom. The minimum absolute atomic E-state index is 0.149. The molecule has 3 heteroatoms. The van der Waals surface area contributed by atoms with Crippen LogP contribution in [0.1, 0.15) is 12.5 Å². The van der Waals surface area contributed by atoms with Crippen LogP contribution < -0.4 is 9.47 Å². The van der Waals surface area contributed by atoms with Gasteiger partial charge in [-0.15, -0.1) is 0 Å². The number of hydrogen-bond donors (Lipinski definition) is 0. The van der Waals surface area contributed by atoms with E-state index in [1.54, 1.807) is 7.11 Å². The number of para-hydroxylation sites is 1. The van der Waals surface area contributed by atoms with Crippen molar-refractivity contribution in [2.75, 3.05) is 20.3 Å². The zero-order chi connectivity index (χ0) is 14.7. The fourth-order valence-corrected chi connectivity index (χ4v) is 2.47. The van der Waals surface area contributed by atoms with Crippen LogP contribution in [0.25, 0.3) is 0 Å². The minimum Gasteiger partial charge on any atom is -0.497 e. The van der Waals surface area contributed by atoms with E-state index in [1.807, 2.05) is 42.5 Å². The molecule has 110 valence electrons. The molecule has 1 fully saturated rings. The second kappa shape index (κ2) is 5.78. The summed E-state index contributed by atoms with van der Waals surface area (Å²) in [5.41, 5.74) is 1.45. The number of ether oxygens (including phenoxy) is 2. The van der Waals surface area contributed by atoms with Crippen LogP contribution in [0.4, 0.5) is 0 Å². The van der Waals surface area contributed by atoms with E-state index in [1.165, 1.54) is 5.56 Å². The van der Waals surface area contributed by atoms with E-state index in [2.05, 4.69) is 24.0 Å². The first-order chi connectivity index (χ1) is 10.2. The van der Waals surface area contributed by atoms with Gasteiger partial charge in [0.2, 0.25) is 0 Å². The standard InChI is InChI=1S/C18H21NO2/c1-18(14-21-17-6-4-3-5-7-17)13-19(18)12-15-8-10-16(20-2)11-9-15/h3-11H,12-14H2,1-2H3. The maximum Gasteiger partial charge on any atom is 0.119 e. The molecule has 3 rings (SSSR count). The fourth-order valence-electron chi connectivity index (χ4n) is 2.47. The molecule has 0 saturated carbocycles. The molecule has 2 atom stereocenters. The summed E-state index contributed by atoms with van der Waals surface area (Å²) in [7, 11) is 1.69. The Morgan fingerprint density at radius 3 is 2.38 bits per heavy atom. The van der Waals surface area contributed by atoms with Gasteiger partial charge in [0.15, 0.2) is 0 Å². The number of hydrogen-bond acceptors (Lipinski definition) is 3. The average molecular weight is 283 g/mol. The van der Waals surface area contributed by atoms with Crippen molar-refractivity contribution in [3.8, 4) is 11.5 Å². The third-order valence-corrected chi connectivity index (χ3v) is 4.02. The van der Waals surface area contributed by atoms with E-state index >= 15 is 0 Å². The van der Waals surface area contributed by atoms with Gasteiger partial charge >= 0.3 is 0 Å². The molecule has 1 saturated heterocycles. The first-order valence-corrected chi connectivity index (χ1v) is 7.25. The predicted octanol–water partition coefficient (Wildman–Crippen LogP) is 3.35. The lowest BCUT2D eigenvalue weighted by Crippen LogP contribution is -2.23. The summed E-state index contributed by atoms with van der Waals surface area (Å²) in [5.74, 6) is 1.84. The monoisotopic (exact) mass is 283 g/mol. The molecular formula is C18H21NO2. The quantitative estimate of drug-likeness (QED) is 0.759. The van der Waals surface area contributed by atoms with Gasteiger partial charge in [-0.25, -0.2) is 0 Å². The van der Waals surface area contributed by atoms with Crippen LogP contribution in [0.3, 0.4) is 0 Å². The van der Waals surface area contributed by atoms with Gasteiger partial charge in [0.25, 0.3) is 0 Å². The molecular weight excluding hydrogens is 262 g/mol. The largest absolute Gasteiger partial charge is 0.497 e. The molecule has 2 unspecified atom stereocenters. The molecule has 0 aromatic heterocycles. The molecule has 0 bridgehead atoms. The van der Waals surface area contributed by atoms with Crippen LogP contribution in [0.15, 0.2) is 54.6 Å². The Hall–Kier alpha value is -2.00.